The molecule has 1 saturated heterocycles. The van der Waals surface area contributed by atoms with Gasteiger partial charge in [-0.3, -0.25) is 9.59 Å². The fourth-order valence-electron chi connectivity index (χ4n) is 5.46. The van der Waals surface area contributed by atoms with Crippen molar-refractivity contribution in [3.8, 4) is 0 Å². The number of aryl methyl sites for hydroxylation is 1. The van der Waals surface area contributed by atoms with Crippen molar-refractivity contribution in [3.63, 3.8) is 0 Å². The molecule has 0 saturated carbocycles. The number of nitrogens with one attached hydrogen (secondary N) is 3. The van der Waals surface area contributed by atoms with Gasteiger partial charge in [0.1, 0.15) is 5.76 Å². The monoisotopic (exact) mass is 568 g/mol. The number of carbonyl (C=O) groups excluding carboxylic acids is 2. The molecule has 2 amide bonds. The molecule has 4 rings (SSSR count). The van der Waals surface area contributed by atoms with Crippen LogP contribution in [0.3, 0.4) is 0 Å². The molecule has 1 aliphatic heterocycles. The van der Waals surface area contributed by atoms with Crippen molar-refractivity contribution in [1.29, 1.82) is 0 Å². The van der Waals surface area contributed by atoms with E-state index in [1.807, 2.05) is 19.9 Å². The number of allylic oxidation sites excluding steroid dienone is 4. The van der Waals surface area contributed by atoms with Crippen LogP contribution in [0, 0.1) is 13.8 Å². The Morgan fingerprint density at radius 3 is 2.67 bits per heavy atom. The third kappa shape index (κ3) is 6.33. The van der Waals surface area contributed by atoms with Gasteiger partial charge in [0.25, 0.3) is 11.8 Å². The average Bonchev–Trinajstić information content (AvgIpc) is 3.39. The first-order chi connectivity index (χ1) is 19.1. The predicted molar refractivity (Wildman–Crippen MR) is 157 cm³/mol. The molecule has 10 heteroatoms. The first kappa shape index (κ1) is 29.6. The number of fused-ring (bicyclic) bond motifs is 1. The number of amides is 2. The van der Waals surface area contributed by atoms with E-state index in [0.717, 1.165) is 37.2 Å². The summed E-state index contributed by atoms with van der Waals surface area (Å²) >= 11 is 0. The van der Waals surface area contributed by atoms with Crippen LogP contribution in [0.5, 0.6) is 0 Å². The number of rotatable bonds is 11. The largest absolute Gasteiger partial charge is 0.497 e. The van der Waals surface area contributed by atoms with Crippen LogP contribution in [-0.2, 0) is 19.4 Å². The minimum Gasteiger partial charge on any atom is -0.497 e. The second kappa shape index (κ2) is 12.4. The summed E-state index contributed by atoms with van der Waals surface area (Å²) in [6.07, 6.45) is 10.7. The van der Waals surface area contributed by atoms with Crippen molar-refractivity contribution < 1.29 is 22.7 Å². The van der Waals surface area contributed by atoms with Gasteiger partial charge >= 0.3 is 0 Å². The van der Waals surface area contributed by atoms with Gasteiger partial charge in [-0.15, -0.1) is 0 Å². The Labute approximate surface area is 237 Å². The van der Waals surface area contributed by atoms with E-state index in [-0.39, 0.29) is 17.6 Å². The topological polar surface area (TPSA) is 121 Å². The number of aromatic amines is 1. The van der Waals surface area contributed by atoms with E-state index in [9.17, 15) is 18.0 Å². The van der Waals surface area contributed by atoms with Crippen LogP contribution in [0.1, 0.15) is 60.4 Å². The highest BCUT2D eigenvalue weighted by Crippen LogP contribution is 2.34. The van der Waals surface area contributed by atoms with Crippen molar-refractivity contribution in [3.05, 3.63) is 75.0 Å². The summed E-state index contributed by atoms with van der Waals surface area (Å²) in [4.78, 5) is 31.4. The highest BCUT2D eigenvalue weighted by Gasteiger charge is 2.35. The molecule has 3 aliphatic rings. The number of aromatic nitrogens is 1. The number of carbonyl (C=O) groups is 2. The molecule has 0 aromatic carbocycles. The molecule has 9 nitrogen and oxygen atoms in total. The number of ether oxygens (including phenoxy) is 1. The molecule has 1 aromatic rings. The van der Waals surface area contributed by atoms with Crippen molar-refractivity contribution in [2.75, 3.05) is 39.0 Å². The normalized spacial score (nSPS) is 20.0. The number of sulfone groups is 1. The molecule has 0 radical (unpaired) electrons. The maximum absolute atomic E-state index is 13.4. The zero-order valence-electron chi connectivity index (χ0n) is 24.0. The average molecular weight is 569 g/mol. The minimum atomic E-state index is -3.51. The van der Waals surface area contributed by atoms with E-state index < -0.39 is 15.1 Å². The Kier molecular flexibility index (Phi) is 9.20. The maximum atomic E-state index is 13.4. The van der Waals surface area contributed by atoms with Crippen molar-refractivity contribution in [2.45, 2.75) is 52.2 Å². The van der Waals surface area contributed by atoms with Gasteiger partial charge in [0.2, 0.25) is 0 Å². The van der Waals surface area contributed by atoms with Gasteiger partial charge in [-0.2, -0.15) is 0 Å². The lowest BCUT2D eigenvalue weighted by atomic mass is 9.98. The Morgan fingerprint density at radius 2 is 1.98 bits per heavy atom. The fourth-order valence-corrected chi connectivity index (χ4v) is 7.15. The summed E-state index contributed by atoms with van der Waals surface area (Å²) in [7, 11) is -1.94. The van der Waals surface area contributed by atoms with E-state index in [1.165, 1.54) is 0 Å². The van der Waals surface area contributed by atoms with Crippen LogP contribution in [-0.4, -0.2) is 74.4 Å². The summed E-state index contributed by atoms with van der Waals surface area (Å²) in [5.41, 5.74) is 5.06. The highest BCUT2D eigenvalue weighted by molar-refractivity contribution is 7.92. The second-order valence-electron chi connectivity index (χ2n) is 10.4. The Hall–Kier alpha value is -3.37. The van der Waals surface area contributed by atoms with Crippen molar-refractivity contribution >= 4 is 27.7 Å². The van der Waals surface area contributed by atoms with E-state index in [1.54, 1.807) is 31.4 Å². The lowest BCUT2D eigenvalue weighted by Gasteiger charge is -2.20. The molecule has 0 bridgehead atoms. The molecule has 216 valence electrons. The third-order valence-electron chi connectivity index (χ3n) is 7.82. The lowest BCUT2D eigenvalue weighted by Crippen LogP contribution is -2.35. The zero-order chi connectivity index (χ0) is 29.0. The molecular formula is C30H40N4O5S. The molecule has 3 N–H and O–H groups in total. The van der Waals surface area contributed by atoms with Crippen molar-refractivity contribution in [2.24, 2.45) is 0 Å². The van der Waals surface area contributed by atoms with Gasteiger partial charge in [0, 0.05) is 35.7 Å². The Morgan fingerprint density at radius 1 is 1.23 bits per heavy atom. The van der Waals surface area contributed by atoms with Gasteiger partial charge in [-0.25, -0.2) is 8.42 Å². The van der Waals surface area contributed by atoms with Crippen LogP contribution in [0.2, 0.25) is 0 Å². The maximum Gasteiger partial charge on any atom is 0.256 e. The fraction of sp³-hybridized carbons (Fsp3) is 0.467. The van der Waals surface area contributed by atoms with Crippen LogP contribution in [0.15, 0.2) is 52.5 Å². The predicted octanol–water partition coefficient (Wildman–Crippen LogP) is 3.46. The summed E-state index contributed by atoms with van der Waals surface area (Å²) in [6.45, 7) is 11.0. The Bertz CT molecular complexity index is 1440. The number of nitrogens with zero attached hydrogens (tertiary/aromatic N) is 1. The number of hydrogen-bond acceptors (Lipinski definition) is 6. The van der Waals surface area contributed by atoms with Crippen LogP contribution >= 0.6 is 0 Å². The standard InChI is InChI=1S/C30H40N4O5S/c1-6-34(7-2)14-13-31-30(36)28-19(3)27(32-20(28)4)17-25-24-16-23(11-12-26(24)33-29(25)35)40(37,38)18-21-9-8-10-22(15-21)39-5/h10,12,15-17,23,32H,6-9,11,13-14,18H2,1-5H3,(H,31,36)(H,33,35). The number of H-pyrrole nitrogens is 1. The van der Waals surface area contributed by atoms with Crippen LogP contribution < -0.4 is 10.6 Å². The molecule has 40 heavy (non-hydrogen) atoms. The molecule has 0 spiro atoms. The summed E-state index contributed by atoms with van der Waals surface area (Å²) in [6, 6.07) is 0. The molecule has 1 fully saturated rings. The van der Waals surface area contributed by atoms with Gasteiger partial charge in [0.15, 0.2) is 9.84 Å². The first-order valence-electron chi connectivity index (χ1n) is 13.9. The molecule has 1 atom stereocenters. The highest BCUT2D eigenvalue weighted by atomic mass is 32.2. The van der Waals surface area contributed by atoms with E-state index in [4.69, 9.17) is 4.74 Å². The first-order valence-corrected chi connectivity index (χ1v) is 15.6. The number of likely N-dealkylation sites (N-methyl/N-ethyl adjacent to an activating group) is 1. The molecule has 1 aromatic heterocycles. The van der Waals surface area contributed by atoms with Crippen LogP contribution in [0.4, 0.5) is 0 Å². The van der Waals surface area contributed by atoms with Crippen molar-refractivity contribution in [1.82, 2.24) is 20.5 Å². The molecule has 2 heterocycles. The quantitative estimate of drug-likeness (QED) is 0.352. The second-order valence-corrected chi connectivity index (χ2v) is 12.6. The molecule has 2 aliphatic carbocycles. The lowest BCUT2D eigenvalue weighted by molar-refractivity contribution is -0.115. The van der Waals surface area contributed by atoms with E-state index in [0.29, 0.717) is 58.9 Å². The van der Waals surface area contributed by atoms with Crippen LogP contribution in [0.25, 0.3) is 6.08 Å². The summed E-state index contributed by atoms with van der Waals surface area (Å²) in [5, 5.41) is 5.13. The van der Waals surface area contributed by atoms with E-state index >= 15 is 0 Å². The van der Waals surface area contributed by atoms with E-state index in [2.05, 4.69) is 34.4 Å². The smallest absolute Gasteiger partial charge is 0.256 e. The van der Waals surface area contributed by atoms with Gasteiger partial charge in [-0.05, 0) is 70.0 Å². The summed E-state index contributed by atoms with van der Waals surface area (Å²) in [5.74, 6) is 0.182. The van der Waals surface area contributed by atoms with Gasteiger partial charge < -0.3 is 25.3 Å². The third-order valence-corrected chi connectivity index (χ3v) is 9.85. The number of methoxy groups -OCH3 is 1. The van der Waals surface area contributed by atoms with Gasteiger partial charge in [-0.1, -0.05) is 31.6 Å². The molecular weight excluding hydrogens is 528 g/mol. The van der Waals surface area contributed by atoms with Gasteiger partial charge in [0.05, 0.1) is 29.2 Å². The minimum absolute atomic E-state index is 0.0482. The number of hydrogen-bond donors (Lipinski definition) is 3. The Balaban J connectivity index is 1.56. The summed E-state index contributed by atoms with van der Waals surface area (Å²) < 4.78 is 32.0. The zero-order valence-corrected chi connectivity index (χ0v) is 24.8. The molecule has 1 unspecified atom stereocenters. The SMILES string of the molecule is CCN(CC)CCNC(=O)c1c(C)[nH]c(C=C2C(=O)NC3=CCC(S(=O)(=O)CC4=CC(OC)=CCC4)C=C32)c1C.